The second kappa shape index (κ2) is 7.09. The van der Waals surface area contributed by atoms with Gasteiger partial charge in [-0.05, 0) is 31.2 Å². The van der Waals surface area contributed by atoms with Crippen LogP contribution in [0.25, 0.3) is 0 Å². The lowest BCUT2D eigenvalue weighted by atomic mass is 9.94. The third kappa shape index (κ3) is 3.74. The number of phenols is 1. The van der Waals surface area contributed by atoms with Crippen molar-refractivity contribution in [3.8, 4) is 5.75 Å². The SMILES string of the molecule is Cc1cccc([C@H](CCC(C)C)N2CCNCC2)c1O. The number of aryl methyl sites for hydroxylation is 1. The van der Waals surface area contributed by atoms with Crippen molar-refractivity contribution in [1.82, 2.24) is 10.2 Å². The maximum absolute atomic E-state index is 10.4. The van der Waals surface area contributed by atoms with Crippen LogP contribution in [0.3, 0.4) is 0 Å². The van der Waals surface area contributed by atoms with Crippen LogP contribution in [0.1, 0.15) is 43.9 Å². The average Bonchev–Trinajstić information content (AvgIpc) is 2.44. The molecule has 1 atom stereocenters. The number of nitrogens with one attached hydrogen (secondary N) is 1. The lowest BCUT2D eigenvalue weighted by molar-refractivity contribution is 0.157. The quantitative estimate of drug-likeness (QED) is 0.867. The Balaban J connectivity index is 2.22. The largest absolute Gasteiger partial charge is 0.507 e. The van der Waals surface area contributed by atoms with E-state index in [1.165, 1.54) is 6.42 Å². The predicted molar refractivity (Wildman–Crippen MR) is 84.1 cm³/mol. The fourth-order valence-corrected chi connectivity index (χ4v) is 2.97. The Labute approximate surface area is 123 Å². The van der Waals surface area contributed by atoms with E-state index in [1.807, 2.05) is 13.0 Å². The first-order valence-electron chi connectivity index (χ1n) is 7.83. The third-order valence-corrected chi connectivity index (χ3v) is 4.24. The highest BCUT2D eigenvalue weighted by atomic mass is 16.3. The van der Waals surface area contributed by atoms with E-state index in [0.29, 0.717) is 17.7 Å². The third-order valence-electron chi connectivity index (χ3n) is 4.24. The standard InChI is InChI=1S/C17H28N2O/c1-13(2)7-8-16(19-11-9-18-10-12-19)15-6-4-5-14(3)17(15)20/h4-6,13,16,18,20H,7-12H2,1-3H3/t16-/m0/s1. The molecule has 1 aromatic rings. The molecule has 112 valence electrons. The van der Waals surface area contributed by atoms with Crippen molar-refractivity contribution in [2.75, 3.05) is 26.2 Å². The summed E-state index contributed by atoms with van der Waals surface area (Å²) in [5.41, 5.74) is 2.08. The highest BCUT2D eigenvalue weighted by Crippen LogP contribution is 2.35. The van der Waals surface area contributed by atoms with Gasteiger partial charge in [-0.15, -0.1) is 0 Å². The molecule has 2 N–H and O–H groups in total. The van der Waals surface area contributed by atoms with Crippen LogP contribution in [0.2, 0.25) is 0 Å². The molecular formula is C17H28N2O. The van der Waals surface area contributed by atoms with Crippen molar-refractivity contribution in [3.63, 3.8) is 0 Å². The Hall–Kier alpha value is -1.06. The highest BCUT2D eigenvalue weighted by Gasteiger charge is 2.24. The van der Waals surface area contributed by atoms with E-state index >= 15 is 0 Å². The van der Waals surface area contributed by atoms with Crippen LogP contribution in [0.15, 0.2) is 18.2 Å². The summed E-state index contributed by atoms with van der Waals surface area (Å²) in [7, 11) is 0. The van der Waals surface area contributed by atoms with Gasteiger partial charge in [0.2, 0.25) is 0 Å². The van der Waals surface area contributed by atoms with Gasteiger partial charge in [-0.1, -0.05) is 32.0 Å². The molecule has 1 fully saturated rings. The summed E-state index contributed by atoms with van der Waals surface area (Å²) >= 11 is 0. The van der Waals surface area contributed by atoms with Gasteiger partial charge < -0.3 is 10.4 Å². The minimum absolute atomic E-state index is 0.347. The molecule has 3 heteroatoms. The van der Waals surface area contributed by atoms with Gasteiger partial charge in [0.25, 0.3) is 0 Å². The zero-order chi connectivity index (χ0) is 14.5. The van der Waals surface area contributed by atoms with Crippen LogP contribution < -0.4 is 5.32 Å². The van der Waals surface area contributed by atoms with Crippen molar-refractivity contribution >= 4 is 0 Å². The fraction of sp³-hybridized carbons (Fsp3) is 0.647. The Morgan fingerprint density at radius 1 is 1.20 bits per heavy atom. The number of piperazine rings is 1. The number of aromatic hydroxyl groups is 1. The molecule has 1 aliphatic rings. The molecule has 0 aliphatic carbocycles. The molecule has 3 nitrogen and oxygen atoms in total. The number of para-hydroxylation sites is 1. The van der Waals surface area contributed by atoms with Gasteiger partial charge >= 0.3 is 0 Å². The second-order valence-corrected chi connectivity index (χ2v) is 6.29. The van der Waals surface area contributed by atoms with Gasteiger partial charge in [-0.3, -0.25) is 4.90 Å². The van der Waals surface area contributed by atoms with Gasteiger partial charge in [0, 0.05) is 37.8 Å². The van der Waals surface area contributed by atoms with Crippen LogP contribution in [-0.2, 0) is 0 Å². The molecule has 1 heterocycles. The van der Waals surface area contributed by atoms with Crippen LogP contribution in [0.5, 0.6) is 5.75 Å². The Kier molecular flexibility index (Phi) is 5.44. The Morgan fingerprint density at radius 2 is 1.90 bits per heavy atom. The molecule has 0 saturated carbocycles. The normalized spacial score (nSPS) is 18.4. The van der Waals surface area contributed by atoms with E-state index in [-0.39, 0.29) is 0 Å². The lowest BCUT2D eigenvalue weighted by Gasteiger charge is -2.36. The van der Waals surface area contributed by atoms with Gasteiger partial charge in [0.05, 0.1) is 0 Å². The zero-order valence-corrected chi connectivity index (χ0v) is 13.0. The lowest BCUT2D eigenvalue weighted by Crippen LogP contribution is -2.45. The first kappa shape index (κ1) is 15.3. The molecule has 0 spiro atoms. The predicted octanol–water partition coefficient (Wildman–Crippen LogP) is 3.08. The van der Waals surface area contributed by atoms with E-state index in [1.54, 1.807) is 0 Å². The summed E-state index contributed by atoms with van der Waals surface area (Å²) in [6.45, 7) is 10.7. The first-order valence-corrected chi connectivity index (χ1v) is 7.83. The zero-order valence-electron chi connectivity index (χ0n) is 13.0. The van der Waals surface area contributed by atoms with Crippen molar-refractivity contribution in [2.24, 2.45) is 5.92 Å². The van der Waals surface area contributed by atoms with Gasteiger partial charge in [-0.2, -0.15) is 0 Å². The number of nitrogens with zero attached hydrogens (tertiary/aromatic N) is 1. The van der Waals surface area contributed by atoms with Crippen molar-refractivity contribution in [1.29, 1.82) is 0 Å². The van der Waals surface area contributed by atoms with Crippen LogP contribution in [-0.4, -0.2) is 36.2 Å². The molecule has 0 unspecified atom stereocenters. The molecule has 0 bridgehead atoms. The molecule has 1 aromatic carbocycles. The number of phenolic OH excluding ortho intramolecular Hbond substituents is 1. The summed E-state index contributed by atoms with van der Waals surface area (Å²) in [6, 6.07) is 6.49. The first-order chi connectivity index (χ1) is 9.59. The molecular weight excluding hydrogens is 248 g/mol. The number of rotatable bonds is 5. The smallest absolute Gasteiger partial charge is 0.123 e. The van der Waals surface area contributed by atoms with Crippen LogP contribution >= 0.6 is 0 Å². The monoisotopic (exact) mass is 276 g/mol. The Bertz CT molecular complexity index is 425. The maximum Gasteiger partial charge on any atom is 0.123 e. The van der Waals surface area contributed by atoms with Crippen LogP contribution in [0, 0.1) is 12.8 Å². The van der Waals surface area contributed by atoms with E-state index in [2.05, 4.69) is 36.2 Å². The topological polar surface area (TPSA) is 35.5 Å². The van der Waals surface area contributed by atoms with E-state index in [9.17, 15) is 5.11 Å². The molecule has 0 amide bonds. The van der Waals surface area contributed by atoms with Crippen molar-refractivity contribution in [3.05, 3.63) is 29.3 Å². The molecule has 0 radical (unpaired) electrons. The minimum atomic E-state index is 0.347. The Morgan fingerprint density at radius 3 is 2.55 bits per heavy atom. The molecule has 20 heavy (non-hydrogen) atoms. The van der Waals surface area contributed by atoms with Gasteiger partial charge in [-0.25, -0.2) is 0 Å². The molecule has 1 saturated heterocycles. The molecule has 2 rings (SSSR count). The number of benzene rings is 1. The summed E-state index contributed by atoms with van der Waals surface area (Å²) in [5, 5.41) is 13.8. The second-order valence-electron chi connectivity index (χ2n) is 6.29. The average molecular weight is 276 g/mol. The van der Waals surface area contributed by atoms with E-state index in [4.69, 9.17) is 0 Å². The highest BCUT2D eigenvalue weighted by molar-refractivity contribution is 5.41. The summed E-state index contributed by atoms with van der Waals surface area (Å²) < 4.78 is 0. The van der Waals surface area contributed by atoms with Crippen molar-refractivity contribution in [2.45, 2.75) is 39.7 Å². The van der Waals surface area contributed by atoms with Crippen molar-refractivity contribution < 1.29 is 5.11 Å². The number of hydrogen-bond donors (Lipinski definition) is 2. The molecule has 0 aromatic heterocycles. The summed E-state index contributed by atoms with van der Waals surface area (Å²) in [6.07, 6.45) is 2.32. The van der Waals surface area contributed by atoms with Crippen LogP contribution in [0.4, 0.5) is 0 Å². The summed E-state index contributed by atoms with van der Waals surface area (Å²) in [5.74, 6) is 1.19. The number of hydrogen-bond acceptors (Lipinski definition) is 3. The van der Waals surface area contributed by atoms with Gasteiger partial charge in [0.1, 0.15) is 5.75 Å². The maximum atomic E-state index is 10.4. The van der Waals surface area contributed by atoms with Gasteiger partial charge in [0.15, 0.2) is 0 Å². The van der Waals surface area contributed by atoms with E-state index < -0.39 is 0 Å². The fourth-order valence-electron chi connectivity index (χ4n) is 2.97. The van der Waals surface area contributed by atoms with E-state index in [0.717, 1.165) is 43.7 Å². The molecule has 1 aliphatic heterocycles. The summed E-state index contributed by atoms with van der Waals surface area (Å²) in [4.78, 5) is 2.52. The minimum Gasteiger partial charge on any atom is -0.507 e.